The summed E-state index contributed by atoms with van der Waals surface area (Å²) in [5.74, 6) is 0.963. The number of esters is 1. The van der Waals surface area contributed by atoms with Gasteiger partial charge in [-0.15, -0.1) is 10.2 Å². The van der Waals surface area contributed by atoms with Crippen molar-refractivity contribution in [2.24, 2.45) is 0 Å². The lowest BCUT2D eigenvalue weighted by Gasteiger charge is -2.00. The Morgan fingerprint density at radius 1 is 1.32 bits per heavy atom. The number of thioether (sulfide) groups is 2. The monoisotopic (exact) mass is 318 g/mol. The zero-order chi connectivity index (χ0) is 14.1. The lowest BCUT2D eigenvalue weighted by molar-refractivity contribution is -0.136. The Hall–Kier alpha value is -0.530. The normalized spacial score (nSPS) is 10.4. The van der Waals surface area contributed by atoms with E-state index in [0.717, 1.165) is 14.4 Å². The minimum absolute atomic E-state index is 0.251. The summed E-state index contributed by atoms with van der Waals surface area (Å²) in [7, 11) is 0. The van der Waals surface area contributed by atoms with Crippen LogP contribution in [0.3, 0.4) is 0 Å². The van der Waals surface area contributed by atoms with Crippen LogP contribution in [0.2, 0.25) is 0 Å². The molecule has 0 fully saturated rings. The molecular weight excluding hydrogens is 300 g/mol. The molecular formula is C12H18N2O2S3. The van der Waals surface area contributed by atoms with E-state index in [1.54, 1.807) is 30.0 Å². The molecule has 0 aliphatic carbocycles. The summed E-state index contributed by atoms with van der Waals surface area (Å²) >= 11 is 4.65. The maximum absolute atomic E-state index is 11.2. The Bertz CT molecular complexity index is 421. The third kappa shape index (κ3) is 6.98. The van der Waals surface area contributed by atoms with Crippen LogP contribution in [0.15, 0.2) is 20.8 Å². The molecule has 4 nitrogen and oxygen atoms in total. The van der Waals surface area contributed by atoms with Crippen LogP contribution in [0.25, 0.3) is 0 Å². The first-order valence-corrected chi connectivity index (χ1v) is 8.84. The molecule has 106 valence electrons. The minimum atomic E-state index is -0.369. The van der Waals surface area contributed by atoms with Crippen molar-refractivity contribution in [1.29, 1.82) is 0 Å². The van der Waals surface area contributed by atoms with Gasteiger partial charge < -0.3 is 4.74 Å². The lowest BCUT2D eigenvalue weighted by Crippen LogP contribution is -2.03. The maximum Gasteiger partial charge on any atom is 0.333 e. The Kier molecular flexibility index (Phi) is 8.16. The molecule has 0 amide bonds. The lowest BCUT2D eigenvalue weighted by atomic mass is 10.3. The number of aromatic nitrogens is 2. The molecule has 1 heterocycles. The van der Waals surface area contributed by atoms with Gasteiger partial charge in [-0.3, -0.25) is 0 Å². The van der Waals surface area contributed by atoms with Crippen molar-refractivity contribution in [2.75, 3.05) is 11.7 Å². The van der Waals surface area contributed by atoms with Gasteiger partial charge in [-0.25, -0.2) is 4.79 Å². The summed E-state index contributed by atoms with van der Waals surface area (Å²) in [6.07, 6.45) is 3.69. The Morgan fingerprint density at radius 3 is 2.63 bits per heavy atom. The summed E-state index contributed by atoms with van der Waals surface area (Å²) in [5, 5.41) is 8.15. The van der Waals surface area contributed by atoms with Crippen molar-refractivity contribution < 1.29 is 9.53 Å². The smallest absolute Gasteiger partial charge is 0.333 e. The quantitative estimate of drug-likeness (QED) is 0.226. The number of rotatable bonds is 9. The zero-order valence-corrected chi connectivity index (χ0v) is 13.6. The van der Waals surface area contributed by atoms with E-state index >= 15 is 0 Å². The first kappa shape index (κ1) is 16.5. The highest BCUT2D eigenvalue weighted by Gasteiger charge is 2.07. The van der Waals surface area contributed by atoms with Crippen molar-refractivity contribution in [3.63, 3.8) is 0 Å². The molecule has 1 rings (SSSR count). The number of hydrogen-bond acceptors (Lipinski definition) is 7. The largest absolute Gasteiger partial charge is 0.451 e. The van der Waals surface area contributed by atoms with Crippen LogP contribution in [-0.2, 0) is 9.53 Å². The van der Waals surface area contributed by atoms with Crippen LogP contribution >= 0.6 is 34.9 Å². The highest BCUT2D eigenvalue weighted by molar-refractivity contribution is 8.03. The number of carbonyl (C=O) groups is 1. The van der Waals surface area contributed by atoms with Gasteiger partial charge >= 0.3 is 5.97 Å². The average molecular weight is 318 g/mol. The van der Waals surface area contributed by atoms with Crippen LogP contribution in [0, 0.1) is 0 Å². The third-order valence-corrected chi connectivity index (χ3v) is 5.19. The fourth-order valence-corrected chi connectivity index (χ4v) is 3.88. The number of nitrogens with zero attached hydrogens (tertiary/aromatic N) is 2. The average Bonchev–Trinajstić information content (AvgIpc) is 2.82. The third-order valence-electron chi connectivity index (χ3n) is 2.08. The van der Waals surface area contributed by atoms with Gasteiger partial charge in [-0.1, -0.05) is 61.2 Å². The maximum atomic E-state index is 11.2. The molecule has 0 saturated carbocycles. The van der Waals surface area contributed by atoms with E-state index in [-0.39, 0.29) is 11.9 Å². The second-order valence-electron chi connectivity index (χ2n) is 3.86. The summed E-state index contributed by atoms with van der Waals surface area (Å²) in [6.45, 7) is 7.34. The van der Waals surface area contributed by atoms with Crippen molar-refractivity contribution >= 4 is 40.8 Å². The molecule has 0 spiro atoms. The summed E-state index contributed by atoms with van der Waals surface area (Å²) < 4.78 is 6.79. The van der Waals surface area contributed by atoms with Gasteiger partial charge in [-0.2, -0.15) is 0 Å². The van der Waals surface area contributed by atoms with Crippen LogP contribution in [0.5, 0.6) is 0 Å². The van der Waals surface area contributed by atoms with Crippen molar-refractivity contribution in [3.8, 4) is 0 Å². The summed E-state index contributed by atoms with van der Waals surface area (Å²) in [6, 6.07) is 0. The fourth-order valence-electron chi connectivity index (χ4n) is 1.08. The minimum Gasteiger partial charge on any atom is -0.451 e. The van der Waals surface area contributed by atoms with Crippen molar-refractivity contribution in [1.82, 2.24) is 10.2 Å². The van der Waals surface area contributed by atoms with E-state index in [1.807, 2.05) is 0 Å². The highest BCUT2D eigenvalue weighted by Crippen LogP contribution is 2.29. The predicted octanol–water partition coefficient (Wildman–Crippen LogP) is 3.99. The van der Waals surface area contributed by atoms with E-state index in [2.05, 4.69) is 23.7 Å². The number of unbranched alkanes of at least 4 members (excludes halogenated alkanes) is 2. The van der Waals surface area contributed by atoms with Gasteiger partial charge in [0.15, 0.2) is 8.68 Å². The molecule has 0 saturated heterocycles. The first-order valence-electron chi connectivity index (χ1n) is 6.05. The van der Waals surface area contributed by atoms with E-state index in [1.165, 1.54) is 31.0 Å². The van der Waals surface area contributed by atoms with Gasteiger partial charge in [0.05, 0.1) is 0 Å². The van der Waals surface area contributed by atoms with E-state index in [9.17, 15) is 4.79 Å². The van der Waals surface area contributed by atoms with E-state index < -0.39 is 0 Å². The molecule has 0 unspecified atom stereocenters. The second kappa shape index (κ2) is 9.39. The molecule has 0 N–H and O–H groups in total. The molecule has 0 radical (unpaired) electrons. The molecule has 0 atom stereocenters. The number of ether oxygens (including phenoxy) is 1. The molecule has 1 aromatic rings. The highest BCUT2D eigenvalue weighted by atomic mass is 32.2. The Labute approximate surface area is 126 Å². The van der Waals surface area contributed by atoms with E-state index in [4.69, 9.17) is 4.74 Å². The molecule has 19 heavy (non-hydrogen) atoms. The van der Waals surface area contributed by atoms with Crippen molar-refractivity contribution in [2.45, 2.75) is 41.8 Å². The Morgan fingerprint density at radius 2 is 2.00 bits per heavy atom. The van der Waals surface area contributed by atoms with Crippen LogP contribution in [0.1, 0.15) is 33.1 Å². The SMILES string of the molecule is C=C(C)C(=O)OCSc1nnc(SCCCCC)s1. The molecule has 0 aliphatic heterocycles. The standard InChI is InChI=1S/C12H18N2O2S3/c1-4-5-6-7-17-11-13-14-12(19-11)18-8-16-10(15)9(2)3/h2,4-8H2,1,3H3. The van der Waals surface area contributed by atoms with Gasteiger partial charge in [0.2, 0.25) is 0 Å². The van der Waals surface area contributed by atoms with Crippen LogP contribution < -0.4 is 0 Å². The first-order chi connectivity index (χ1) is 9.13. The molecule has 0 aromatic carbocycles. The summed E-state index contributed by atoms with van der Waals surface area (Å²) in [5.41, 5.74) is 0.407. The van der Waals surface area contributed by atoms with Gasteiger partial charge in [0.1, 0.15) is 5.94 Å². The molecule has 0 bridgehead atoms. The number of hydrogen-bond donors (Lipinski definition) is 0. The molecule has 1 aromatic heterocycles. The molecule has 0 aliphatic rings. The van der Waals surface area contributed by atoms with Crippen LogP contribution in [0.4, 0.5) is 0 Å². The molecule has 7 heteroatoms. The predicted molar refractivity (Wildman–Crippen MR) is 81.8 cm³/mol. The fraction of sp³-hybridized carbons (Fsp3) is 0.583. The van der Waals surface area contributed by atoms with Gasteiger partial charge in [0, 0.05) is 11.3 Å². The van der Waals surface area contributed by atoms with Crippen LogP contribution in [-0.4, -0.2) is 27.9 Å². The zero-order valence-electron chi connectivity index (χ0n) is 11.2. The summed E-state index contributed by atoms with van der Waals surface area (Å²) in [4.78, 5) is 11.2. The van der Waals surface area contributed by atoms with Gasteiger partial charge in [-0.05, 0) is 13.3 Å². The topological polar surface area (TPSA) is 52.1 Å². The van der Waals surface area contributed by atoms with Crippen molar-refractivity contribution in [3.05, 3.63) is 12.2 Å². The Balaban J connectivity index is 2.23. The van der Waals surface area contributed by atoms with Gasteiger partial charge in [0.25, 0.3) is 0 Å². The van der Waals surface area contributed by atoms with E-state index in [0.29, 0.717) is 5.57 Å². The number of carbonyl (C=O) groups excluding carboxylic acids is 1. The second-order valence-corrected chi connectivity index (χ2v) is 7.35.